The molecule has 1 rings (SSSR count). The van der Waals surface area contributed by atoms with Gasteiger partial charge in [0.1, 0.15) is 5.60 Å². The normalized spacial score (nSPS) is 24.5. The lowest BCUT2D eigenvalue weighted by Crippen LogP contribution is -2.48. The van der Waals surface area contributed by atoms with E-state index in [1.165, 1.54) is 6.92 Å². The zero-order chi connectivity index (χ0) is 13.4. The number of rotatable bonds is 1. The molecule has 2 N–H and O–H groups in total. The highest BCUT2D eigenvalue weighted by molar-refractivity contribution is 5.98. The van der Waals surface area contributed by atoms with E-state index in [4.69, 9.17) is 9.84 Å². The lowest BCUT2D eigenvalue weighted by molar-refractivity contribution is -0.143. The minimum Gasteiger partial charge on any atom is -0.479 e. The quantitative estimate of drug-likeness (QED) is 0.710. The van der Waals surface area contributed by atoms with Gasteiger partial charge in [0.05, 0.1) is 6.54 Å². The van der Waals surface area contributed by atoms with E-state index >= 15 is 0 Å². The summed E-state index contributed by atoms with van der Waals surface area (Å²) in [5.41, 5.74) is -2.20. The Morgan fingerprint density at radius 2 is 2.00 bits per heavy atom. The van der Waals surface area contributed by atoms with E-state index in [9.17, 15) is 14.4 Å². The molecule has 96 valence electrons. The van der Waals surface area contributed by atoms with E-state index in [1.54, 1.807) is 20.8 Å². The van der Waals surface area contributed by atoms with Crippen LogP contribution in [0.2, 0.25) is 0 Å². The molecule has 7 nitrogen and oxygen atoms in total. The summed E-state index contributed by atoms with van der Waals surface area (Å²) in [6.45, 7) is 6.06. The summed E-state index contributed by atoms with van der Waals surface area (Å²) in [6.07, 6.45) is -0.847. The summed E-state index contributed by atoms with van der Waals surface area (Å²) in [6, 6.07) is -0.760. The number of amides is 3. The van der Waals surface area contributed by atoms with Crippen LogP contribution in [0.3, 0.4) is 0 Å². The van der Waals surface area contributed by atoms with Crippen LogP contribution in [0.25, 0.3) is 0 Å². The van der Waals surface area contributed by atoms with Crippen molar-refractivity contribution >= 4 is 18.1 Å². The van der Waals surface area contributed by atoms with Crippen LogP contribution in [-0.4, -0.2) is 45.8 Å². The van der Waals surface area contributed by atoms with Gasteiger partial charge in [-0.2, -0.15) is 0 Å². The van der Waals surface area contributed by atoms with Gasteiger partial charge in [-0.1, -0.05) is 0 Å². The first kappa shape index (κ1) is 13.3. The van der Waals surface area contributed by atoms with Gasteiger partial charge in [-0.15, -0.1) is 0 Å². The molecule has 0 aromatic rings. The summed E-state index contributed by atoms with van der Waals surface area (Å²) in [5, 5.41) is 11.2. The molecule has 1 aliphatic rings. The van der Waals surface area contributed by atoms with Crippen LogP contribution in [-0.2, 0) is 9.53 Å². The second-order valence-electron chi connectivity index (χ2n) is 5.13. The molecule has 1 aliphatic heterocycles. The molecule has 1 saturated heterocycles. The van der Waals surface area contributed by atoms with Gasteiger partial charge in [0, 0.05) is 0 Å². The zero-order valence-corrected chi connectivity index (χ0v) is 10.2. The Morgan fingerprint density at radius 3 is 2.35 bits per heavy atom. The van der Waals surface area contributed by atoms with Crippen molar-refractivity contribution in [2.24, 2.45) is 0 Å². The van der Waals surface area contributed by atoms with Crippen molar-refractivity contribution in [3.63, 3.8) is 0 Å². The minimum absolute atomic E-state index is 0.254. The largest absolute Gasteiger partial charge is 0.479 e. The number of urea groups is 1. The highest BCUT2D eigenvalue weighted by atomic mass is 16.6. The lowest BCUT2D eigenvalue weighted by atomic mass is 10.1. The number of carboxylic acids is 1. The van der Waals surface area contributed by atoms with Gasteiger partial charge in [-0.05, 0) is 27.7 Å². The summed E-state index contributed by atoms with van der Waals surface area (Å²) >= 11 is 0. The first-order valence-corrected chi connectivity index (χ1v) is 5.11. The Bertz CT molecular complexity index is 373. The predicted octanol–water partition coefficient (Wildman–Crippen LogP) is 0.790. The van der Waals surface area contributed by atoms with Crippen molar-refractivity contribution < 1.29 is 24.2 Å². The predicted molar refractivity (Wildman–Crippen MR) is 57.5 cm³/mol. The molecule has 0 saturated carbocycles. The van der Waals surface area contributed by atoms with Crippen LogP contribution in [0.15, 0.2) is 0 Å². The molecule has 1 heterocycles. The van der Waals surface area contributed by atoms with Gasteiger partial charge < -0.3 is 15.2 Å². The van der Waals surface area contributed by atoms with Gasteiger partial charge in [-0.3, -0.25) is 0 Å². The number of nitrogens with zero attached hydrogens (tertiary/aromatic N) is 1. The molecular weight excluding hydrogens is 228 g/mol. The van der Waals surface area contributed by atoms with Crippen molar-refractivity contribution in [2.75, 3.05) is 6.54 Å². The molecular formula is C10H16N2O5. The number of carbonyl (C=O) groups excluding carboxylic acids is 2. The maximum Gasteiger partial charge on any atom is 0.418 e. The maximum atomic E-state index is 11.6. The van der Waals surface area contributed by atoms with Crippen LogP contribution < -0.4 is 5.32 Å². The van der Waals surface area contributed by atoms with Gasteiger partial charge in [0.25, 0.3) is 0 Å². The minimum atomic E-state index is -1.46. The molecule has 17 heavy (non-hydrogen) atoms. The van der Waals surface area contributed by atoms with Crippen molar-refractivity contribution in [2.45, 2.75) is 38.8 Å². The Balaban J connectivity index is 2.79. The van der Waals surface area contributed by atoms with Gasteiger partial charge in [-0.25, -0.2) is 19.3 Å². The summed E-state index contributed by atoms with van der Waals surface area (Å²) < 4.78 is 5.00. The van der Waals surface area contributed by atoms with Gasteiger partial charge in [0.2, 0.25) is 0 Å². The standard InChI is InChI=1S/C10H16N2O5/c1-9(2,3)17-8(16)12-5-10(4,6(13)14)11-7(12)15/h5H2,1-4H3,(H,11,15)(H,13,14)/t10-/m0/s1. The van der Waals surface area contributed by atoms with Crippen LogP contribution in [0.1, 0.15) is 27.7 Å². The van der Waals surface area contributed by atoms with E-state index in [0.717, 1.165) is 4.90 Å². The van der Waals surface area contributed by atoms with Crippen LogP contribution in [0, 0.1) is 0 Å². The SMILES string of the molecule is CC(C)(C)OC(=O)N1C[C@@](C)(C(=O)O)NC1=O. The Kier molecular flexibility index (Phi) is 3.05. The van der Waals surface area contributed by atoms with E-state index < -0.39 is 29.2 Å². The highest BCUT2D eigenvalue weighted by Crippen LogP contribution is 2.19. The zero-order valence-electron chi connectivity index (χ0n) is 10.2. The number of carboxylic acid groups (broad SMARTS) is 1. The number of carbonyl (C=O) groups is 3. The Morgan fingerprint density at radius 1 is 1.47 bits per heavy atom. The molecule has 1 fully saturated rings. The van der Waals surface area contributed by atoms with Crippen molar-refractivity contribution in [1.82, 2.24) is 10.2 Å². The van der Waals surface area contributed by atoms with E-state index in [-0.39, 0.29) is 6.54 Å². The second kappa shape index (κ2) is 3.90. The first-order chi connectivity index (χ1) is 7.55. The molecule has 0 radical (unpaired) electrons. The molecule has 0 aliphatic carbocycles. The van der Waals surface area contributed by atoms with Crippen LogP contribution in [0.5, 0.6) is 0 Å². The lowest BCUT2D eigenvalue weighted by Gasteiger charge is -2.23. The molecule has 0 spiro atoms. The third-order valence-electron chi connectivity index (χ3n) is 2.19. The third-order valence-corrected chi connectivity index (χ3v) is 2.19. The number of nitrogens with one attached hydrogen (secondary N) is 1. The molecule has 0 unspecified atom stereocenters. The topological polar surface area (TPSA) is 95.9 Å². The van der Waals surface area contributed by atoms with Crippen molar-refractivity contribution in [3.05, 3.63) is 0 Å². The Hall–Kier alpha value is -1.79. The second-order valence-corrected chi connectivity index (χ2v) is 5.13. The summed E-state index contributed by atoms with van der Waals surface area (Å²) in [4.78, 5) is 34.8. The van der Waals surface area contributed by atoms with Crippen LogP contribution in [0.4, 0.5) is 9.59 Å². The fourth-order valence-corrected chi connectivity index (χ4v) is 1.32. The molecule has 0 aromatic carbocycles. The smallest absolute Gasteiger partial charge is 0.418 e. The molecule has 0 aromatic heterocycles. The number of ether oxygens (including phenoxy) is 1. The number of hydrogen-bond acceptors (Lipinski definition) is 4. The van der Waals surface area contributed by atoms with Crippen LogP contribution >= 0.6 is 0 Å². The van der Waals surface area contributed by atoms with E-state index in [0.29, 0.717) is 0 Å². The fraction of sp³-hybridized carbons (Fsp3) is 0.700. The maximum absolute atomic E-state index is 11.6. The highest BCUT2D eigenvalue weighted by Gasteiger charge is 2.48. The van der Waals surface area contributed by atoms with Gasteiger partial charge in [0.15, 0.2) is 5.54 Å². The number of imide groups is 1. The van der Waals surface area contributed by atoms with E-state index in [1.807, 2.05) is 0 Å². The van der Waals surface area contributed by atoms with Gasteiger partial charge >= 0.3 is 18.1 Å². The summed E-state index contributed by atoms with van der Waals surface area (Å²) in [7, 11) is 0. The summed E-state index contributed by atoms with van der Waals surface area (Å²) in [5.74, 6) is -1.20. The Labute approximate surface area is 98.7 Å². The molecule has 7 heteroatoms. The van der Waals surface area contributed by atoms with E-state index in [2.05, 4.69) is 5.32 Å². The molecule has 1 atom stereocenters. The first-order valence-electron chi connectivity index (χ1n) is 5.11. The number of hydrogen-bond donors (Lipinski definition) is 2. The molecule has 0 bridgehead atoms. The third kappa shape index (κ3) is 2.86. The average Bonchev–Trinajstić information content (AvgIpc) is 2.40. The average molecular weight is 244 g/mol. The monoisotopic (exact) mass is 244 g/mol. The fourth-order valence-electron chi connectivity index (χ4n) is 1.32. The van der Waals surface area contributed by atoms with Crippen molar-refractivity contribution in [1.29, 1.82) is 0 Å². The van der Waals surface area contributed by atoms with Crippen molar-refractivity contribution in [3.8, 4) is 0 Å². The molecule has 3 amide bonds. The number of aliphatic carboxylic acids is 1.